The molecule has 1 aliphatic carbocycles. The summed E-state index contributed by atoms with van der Waals surface area (Å²) in [5, 5.41) is 6.22. The summed E-state index contributed by atoms with van der Waals surface area (Å²) in [5.41, 5.74) is 1.41. The van der Waals surface area contributed by atoms with E-state index in [0.717, 1.165) is 35.7 Å². The lowest BCUT2D eigenvalue weighted by Gasteiger charge is -2.18. The van der Waals surface area contributed by atoms with Gasteiger partial charge in [-0.3, -0.25) is 4.79 Å². The molecule has 144 valence electrons. The SMILES string of the molecule is COc1ccccc1C1(C(=O)NCCNc2nc(C)cc(N(C)C)n2)CC1. The van der Waals surface area contributed by atoms with E-state index in [0.29, 0.717) is 19.0 Å². The molecule has 0 aliphatic heterocycles. The van der Waals surface area contributed by atoms with Crippen LogP contribution in [-0.2, 0) is 10.2 Å². The Morgan fingerprint density at radius 2 is 1.96 bits per heavy atom. The van der Waals surface area contributed by atoms with Gasteiger partial charge in [-0.2, -0.15) is 4.98 Å². The molecule has 0 saturated heterocycles. The zero-order valence-corrected chi connectivity index (χ0v) is 16.4. The molecule has 2 aromatic rings. The average molecular weight is 369 g/mol. The Morgan fingerprint density at radius 1 is 1.22 bits per heavy atom. The number of methoxy groups -OCH3 is 1. The number of rotatable bonds is 8. The molecular weight excluding hydrogens is 342 g/mol. The smallest absolute Gasteiger partial charge is 0.230 e. The monoisotopic (exact) mass is 369 g/mol. The Bertz CT molecular complexity index is 818. The molecule has 0 spiro atoms. The maximum absolute atomic E-state index is 12.8. The predicted molar refractivity (Wildman–Crippen MR) is 107 cm³/mol. The molecule has 0 radical (unpaired) electrons. The highest BCUT2D eigenvalue weighted by Crippen LogP contribution is 2.51. The van der Waals surface area contributed by atoms with Crippen molar-refractivity contribution in [1.82, 2.24) is 15.3 Å². The first kappa shape index (κ1) is 18.9. The Balaban J connectivity index is 1.56. The second-order valence-electron chi connectivity index (χ2n) is 7.05. The summed E-state index contributed by atoms with van der Waals surface area (Å²) in [6.45, 7) is 3.00. The number of anilines is 2. The molecule has 2 N–H and O–H groups in total. The summed E-state index contributed by atoms with van der Waals surface area (Å²) in [4.78, 5) is 23.6. The van der Waals surface area contributed by atoms with Gasteiger partial charge in [0.25, 0.3) is 0 Å². The fourth-order valence-corrected chi connectivity index (χ4v) is 3.16. The summed E-state index contributed by atoms with van der Waals surface area (Å²) in [5.74, 6) is 2.24. The van der Waals surface area contributed by atoms with E-state index in [9.17, 15) is 4.79 Å². The van der Waals surface area contributed by atoms with Crippen molar-refractivity contribution >= 4 is 17.7 Å². The van der Waals surface area contributed by atoms with Gasteiger partial charge >= 0.3 is 0 Å². The molecule has 1 saturated carbocycles. The van der Waals surface area contributed by atoms with Crippen LogP contribution in [-0.4, -0.2) is 50.2 Å². The minimum absolute atomic E-state index is 0.0490. The second-order valence-corrected chi connectivity index (χ2v) is 7.05. The lowest BCUT2D eigenvalue weighted by Crippen LogP contribution is -2.37. The van der Waals surface area contributed by atoms with E-state index >= 15 is 0 Å². The zero-order valence-electron chi connectivity index (χ0n) is 16.4. The number of para-hydroxylation sites is 1. The molecule has 1 aromatic carbocycles. The van der Waals surface area contributed by atoms with Crippen molar-refractivity contribution in [2.24, 2.45) is 0 Å². The fourth-order valence-electron chi connectivity index (χ4n) is 3.16. The summed E-state index contributed by atoms with van der Waals surface area (Å²) < 4.78 is 5.43. The number of aryl methyl sites for hydroxylation is 1. The van der Waals surface area contributed by atoms with Gasteiger partial charge < -0.3 is 20.3 Å². The first-order valence-corrected chi connectivity index (χ1v) is 9.15. The quantitative estimate of drug-likeness (QED) is 0.694. The molecule has 0 unspecified atom stereocenters. The molecule has 7 heteroatoms. The number of ether oxygens (including phenoxy) is 1. The summed E-state index contributed by atoms with van der Waals surface area (Å²) >= 11 is 0. The van der Waals surface area contributed by atoms with Crippen molar-refractivity contribution < 1.29 is 9.53 Å². The topological polar surface area (TPSA) is 79.4 Å². The highest BCUT2D eigenvalue weighted by molar-refractivity contribution is 5.92. The van der Waals surface area contributed by atoms with E-state index in [2.05, 4.69) is 20.6 Å². The Morgan fingerprint density at radius 3 is 2.63 bits per heavy atom. The van der Waals surface area contributed by atoms with Crippen molar-refractivity contribution in [3.8, 4) is 5.75 Å². The summed E-state index contributed by atoms with van der Waals surface area (Å²) in [6, 6.07) is 9.68. The maximum Gasteiger partial charge on any atom is 0.230 e. The normalized spacial score (nSPS) is 14.4. The standard InChI is InChI=1S/C20H27N5O2/c1-14-13-17(25(2)3)24-19(23-14)22-12-11-21-18(26)20(9-10-20)15-7-5-6-8-16(15)27-4/h5-8,13H,9-12H2,1-4H3,(H,21,26)(H,22,23,24). The van der Waals surface area contributed by atoms with Crippen LogP contribution in [0.3, 0.4) is 0 Å². The summed E-state index contributed by atoms with van der Waals surface area (Å²) in [6.07, 6.45) is 1.69. The minimum atomic E-state index is -0.454. The van der Waals surface area contributed by atoms with Gasteiger partial charge in [-0.05, 0) is 25.8 Å². The van der Waals surface area contributed by atoms with Gasteiger partial charge in [0, 0.05) is 44.5 Å². The molecule has 0 bridgehead atoms. The van der Waals surface area contributed by atoms with E-state index in [-0.39, 0.29) is 5.91 Å². The maximum atomic E-state index is 12.8. The third-order valence-corrected chi connectivity index (χ3v) is 4.80. The first-order valence-electron chi connectivity index (χ1n) is 9.15. The van der Waals surface area contributed by atoms with Crippen LogP contribution in [0, 0.1) is 6.92 Å². The molecule has 7 nitrogen and oxygen atoms in total. The van der Waals surface area contributed by atoms with Gasteiger partial charge in [-0.25, -0.2) is 4.98 Å². The van der Waals surface area contributed by atoms with Gasteiger partial charge in [-0.1, -0.05) is 18.2 Å². The number of aromatic nitrogens is 2. The Hall–Kier alpha value is -2.83. The molecule has 1 heterocycles. The van der Waals surface area contributed by atoms with Gasteiger partial charge in [0.05, 0.1) is 12.5 Å². The van der Waals surface area contributed by atoms with Gasteiger partial charge in [0.15, 0.2) is 0 Å². The van der Waals surface area contributed by atoms with Crippen molar-refractivity contribution in [2.75, 3.05) is 44.5 Å². The van der Waals surface area contributed by atoms with Gasteiger partial charge in [-0.15, -0.1) is 0 Å². The zero-order chi connectivity index (χ0) is 19.4. The van der Waals surface area contributed by atoms with Crippen molar-refractivity contribution in [2.45, 2.75) is 25.2 Å². The molecular formula is C20H27N5O2. The molecule has 1 aromatic heterocycles. The number of carbonyl (C=O) groups is 1. The van der Waals surface area contributed by atoms with E-state index in [1.807, 2.05) is 56.3 Å². The number of carbonyl (C=O) groups excluding carboxylic acids is 1. The van der Waals surface area contributed by atoms with Gasteiger partial charge in [0.2, 0.25) is 11.9 Å². The van der Waals surface area contributed by atoms with Crippen LogP contribution in [0.15, 0.2) is 30.3 Å². The molecule has 1 aliphatic rings. The van der Waals surface area contributed by atoms with E-state index in [1.54, 1.807) is 7.11 Å². The highest BCUT2D eigenvalue weighted by Gasteiger charge is 2.52. The number of nitrogens with one attached hydrogen (secondary N) is 2. The molecule has 3 rings (SSSR count). The van der Waals surface area contributed by atoms with Crippen LogP contribution in [0.2, 0.25) is 0 Å². The number of benzene rings is 1. The number of nitrogens with zero attached hydrogens (tertiary/aromatic N) is 3. The average Bonchev–Trinajstić information content (AvgIpc) is 3.46. The number of hydrogen-bond donors (Lipinski definition) is 2. The highest BCUT2D eigenvalue weighted by atomic mass is 16.5. The van der Waals surface area contributed by atoms with Crippen LogP contribution < -0.4 is 20.3 Å². The van der Waals surface area contributed by atoms with Gasteiger partial charge in [0.1, 0.15) is 11.6 Å². The van der Waals surface area contributed by atoms with E-state index in [4.69, 9.17) is 4.74 Å². The largest absolute Gasteiger partial charge is 0.496 e. The number of hydrogen-bond acceptors (Lipinski definition) is 6. The molecule has 1 fully saturated rings. The van der Waals surface area contributed by atoms with Crippen LogP contribution in [0.5, 0.6) is 5.75 Å². The Kier molecular flexibility index (Phi) is 5.48. The van der Waals surface area contributed by atoms with Crippen molar-refractivity contribution in [1.29, 1.82) is 0 Å². The molecule has 1 amide bonds. The fraction of sp³-hybridized carbons (Fsp3) is 0.450. The minimum Gasteiger partial charge on any atom is -0.496 e. The van der Waals surface area contributed by atoms with E-state index in [1.165, 1.54) is 0 Å². The third-order valence-electron chi connectivity index (χ3n) is 4.80. The Labute approximate surface area is 160 Å². The summed E-state index contributed by atoms with van der Waals surface area (Å²) in [7, 11) is 5.53. The lowest BCUT2D eigenvalue weighted by atomic mass is 9.94. The van der Waals surface area contributed by atoms with E-state index < -0.39 is 5.41 Å². The van der Waals surface area contributed by atoms with Crippen LogP contribution in [0.4, 0.5) is 11.8 Å². The lowest BCUT2D eigenvalue weighted by molar-refractivity contribution is -0.123. The van der Waals surface area contributed by atoms with Crippen molar-refractivity contribution in [3.05, 3.63) is 41.6 Å². The molecule has 0 atom stereocenters. The number of amides is 1. The van der Waals surface area contributed by atoms with Crippen LogP contribution in [0.1, 0.15) is 24.1 Å². The van der Waals surface area contributed by atoms with Crippen LogP contribution in [0.25, 0.3) is 0 Å². The molecule has 27 heavy (non-hydrogen) atoms. The van der Waals surface area contributed by atoms with Crippen molar-refractivity contribution in [3.63, 3.8) is 0 Å². The second kappa shape index (κ2) is 7.82. The first-order chi connectivity index (χ1) is 13.0. The third kappa shape index (κ3) is 4.13. The van der Waals surface area contributed by atoms with Crippen LogP contribution >= 0.6 is 0 Å². The predicted octanol–water partition coefficient (Wildman–Crippen LogP) is 2.12.